The summed E-state index contributed by atoms with van der Waals surface area (Å²) in [5.74, 6) is -12.0. The van der Waals surface area contributed by atoms with Gasteiger partial charge in [0.25, 0.3) is 11.8 Å². The summed E-state index contributed by atoms with van der Waals surface area (Å²) in [7, 11) is 0. The summed E-state index contributed by atoms with van der Waals surface area (Å²) in [5, 5.41) is 58.4. The highest BCUT2D eigenvalue weighted by molar-refractivity contribution is 5.88. The van der Waals surface area contributed by atoms with E-state index in [4.69, 9.17) is 4.74 Å². The van der Waals surface area contributed by atoms with Crippen LogP contribution >= 0.6 is 0 Å². The number of alkyl halides is 4. The molecular weight excluding hydrogens is 1120 g/mol. The molecule has 9 rings (SSSR count). The number of para-hydroxylation sites is 2. The molecule has 15 nitrogen and oxygen atoms in total. The molecule has 1 unspecified atom stereocenters. The number of aliphatic hydroxyl groups is 5. The van der Waals surface area contributed by atoms with Gasteiger partial charge >= 0.3 is 5.97 Å². The molecule has 1 aliphatic carbocycles. The van der Waals surface area contributed by atoms with Gasteiger partial charge < -0.3 is 56.2 Å². The minimum absolute atomic E-state index is 0. The Hall–Kier alpha value is -6.18. The molecule has 2 aromatic heterocycles. The van der Waals surface area contributed by atoms with E-state index in [0.717, 1.165) is 71.4 Å². The Kier molecular flexibility index (Phi) is 22.3. The number of nitrogens with zero attached hydrogens (tertiary/aromatic N) is 2. The van der Waals surface area contributed by atoms with Gasteiger partial charge in [-0.3, -0.25) is 14.6 Å². The Balaban J connectivity index is 0.000000245. The van der Waals surface area contributed by atoms with Gasteiger partial charge in [0.2, 0.25) is 0 Å². The number of hydrogen-bond acceptors (Lipinski definition) is 13. The normalized spacial score (nSPS) is 21.0. The number of ether oxygens (including phenoxy) is 1. The molecule has 1 saturated carbocycles. The van der Waals surface area contributed by atoms with Gasteiger partial charge in [0.05, 0.1) is 44.4 Å². The number of benzene rings is 4. The highest BCUT2D eigenvalue weighted by Gasteiger charge is 2.46. The summed E-state index contributed by atoms with van der Waals surface area (Å²) < 4.78 is 126. The third-order valence-electron chi connectivity index (χ3n) is 16.3. The Morgan fingerprint density at radius 1 is 0.718 bits per heavy atom. The zero-order valence-electron chi connectivity index (χ0n) is 47.3. The van der Waals surface area contributed by atoms with Crippen LogP contribution in [0.5, 0.6) is 0 Å². The smallest absolute Gasteiger partial charge is 0.338 e. The molecule has 0 spiro atoms. The highest BCUT2D eigenvalue weighted by atomic mass is 19.3. The predicted molar refractivity (Wildman–Crippen MR) is 309 cm³/mol. The number of Topliss-reactive ketones (excluding diaryl/α,β-unsaturated/α-hetero) is 1. The van der Waals surface area contributed by atoms with Crippen molar-refractivity contribution in [2.24, 2.45) is 5.92 Å². The fourth-order valence-corrected chi connectivity index (χ4v) is 11.9. The maximum atomic E-state index is 15.9. The summed E-state index contributed by atoms with van der Waals surface area (Å²) in [4.78, 5) is 32.0. The molecule has 4 heterocycles. The Bertz CT molecular complexity index is 3180. The Morgan fingerprint density at radius 3 is 1.64 bits per heavy atom. The number of aliphatic hydroxyl groups excluding tert-OH is 5. The number of carbonyl (C=O) groups is 2. The molecule has 0 saturated heterocycles. The highest BCUT2D eigenvalue weighted by Crippen LogP contribution is 2.46. The largest absolute Gasteiger partial charge is 0.464 e. The lowest BCUT2D eigenvalue weighted by molar-refractivity contribution is -0.163. The summed E-state index contributed by atoms with van der Waals surface area (Å²) in [6.07, 6.45) is 1.60. The zero-order valence-corrected chi connectivity index (χ0v) is 47.3. The molecule has 6 aromatic rings. The number of unbranched alkanes of at least 4 members (excludes halogenated alkanes) is 1. The number of aromatic nitrogens is 2. The summed E-state index contributed by atoms with van der Waals surface area (Å²) in [5.41, 5.74) is 3.74. The maximum absolute atomic E-state index is 15.9. The number of aromatic amines is 2. The van der Waals surface area contributed by atoms with Crippen molar-refractivity contribution in [1.29, 1.82) is 0 Å². The average molecular weight is 1200 g/mol. The molecule has 2 aliphatic heterocycles. The maximum Gasteiger partial charge on any atom is 0.338 e. The number of esters is 1. The van der Waals surface area contributed by atoms with Crippen LogP contribution in [-0.4, -0.2) is 158 Å². The van der Waals surface area contributed by atoms with Crippen LogP contribution in [0.3, 0.4) is 0 Å². The quantitative estimate of drug-likeness (QED) is 0.0147. The van der Waals surface area contributed by atoms with Gasteiger partial charge in [0.1, 0.15) is 42.6 Å². The number of nitrogens with one attached hydrogen (secondary N) is 5. The molecule has 0 radical (unpaired) electrons. The number of H-pyrrole nitrogens is 2. The molecule has 7 atom stereocenters. The van der Waals surface area contributed by atoms with Gasteiger partial charge in [-0.05, 0) is 126 Å². The van der Waals surface area contributed by atoms with Crippen molar-refractivity contribution in [1.82, 2.24) is 25.1 Å². The number of anilines is 2. The van der Waals surface area contributed by atoms with E-state index < -0.39 is 116 Å². The van der Waals surface area contributed by atoms with Crippen LogP contribution in [0.1, 0.15) is 119 Å². The fourth-order valence-electron chi connectivity index (χ4n) is 11.9. The van der Waals surface area contributed by atoms with Crippen molar-refractivity contribution < 1.29 is 75.0 Å². The molecule has 85 heavy (non-hydrogen) atoms. The second kappa shape index (κ2) is 28.6. The van der Waals surface area contributed by atoms with Crippen molar-refractivity contribution in [3.8, 4) is 0 Å². The lowest BCUT2D eigenvalue weighted by Gasteiger charge is -2.42. The predicted octanol–water partition coefficient (Wildman–Crippen LogP) is 9.44. The van der Waals surface area contributed by atoms with Crippen molar-refractivity contribution in [2.45, 2.75) is 147 Å². The first-order chi connectivity index (χ1) is 40.0. The minimum Gasteiger partial charge on any atom is -0.464 e. The second-order valence-electron chi connectivity index (χ2n) is 22.7. The molecule has 23 heteroatoms. The van der Waals surface area contributed by atoms with E-state index in [1.165, 1.54) is 21.9 Å². The first-order valence-electron chi connectivity index (χ1n) is 28.5. The first-order valence-corrected chi connectivity index (χ1v) is 28.5. The van der Waals surface area contributed by atoms with Crippen LogP contribution in [0.2, 0.25) is 0 Å². The molecule has 0 amide bonds. The number of rotatable bonds is 25. The van der Waals surface area contributed by atoms with Crippen LogP contribution in [0, 0.1) is 29.2 Å². The van der Waals surface area contributed by atoms with Crippen LogP contribution in [0.25, 0.3) is 21.8 Å². The molecule has 1 fully saturated rings. The van der Waals surface area contributed by atoms with E-state index in [1.54, 1.807) is 13.8 Å². The Morgan fingerprint density at radius 2 is 1.19 bits per heavy atom. The zero-order chi connectivity index (χ0) is 60.8. The lowest BCUT2D eigenvalue weighted by Crippen LogP contribution is -2.49. The number of hydrogen-bond donors (Lipinski definition) is 10. The second-order valence-corrected chi connectivity index (χ2v) is 22.7. The molecular formula is C62H79F8N7O8. The van der Waals surface area contributed by atoms with E-state index in [-0.39, 0.29) is 55.1 Å². The van der Waals surface area contributed by atoms with Crippen molar-refractivity contribution in [3.05, 3.63) is 130 Å². The Labute approximate surface area is 489 Å². The fraction of sp³-hybridized carbons (Fsp3) is 0.516. The summed E-state index contributed by atoms with van der Waals surface area (Å²) in [6.45, 7) is 3.02. The lowest BCUT2D eigenvalue weighted by atomic mass is 9.77. The topological polar surface area (TPSA) is 219 Å². The van der Waals surface area contributed by atoms with Crippen molar-refractivity contribution >= 4 is 44.9 Å². The SMILES string of the molecule is C.CC(=O)[C@H](O)[C@@H](O)C(=O)OCCCC1CC(Nc2cc(F)c([C@@H]3c4[nH]c5ccccc5c4C[C@@H](C)N3CC(F)(F)CO)c(F)c2)C1.CCCCNCC(CO)Nc1cc(F)c([C@@H]2c3[nH]c4ccccc4c3C[C@@H](C)N2CC(F)(F)CO)c(F)c1. The third-order valence-corrected chi connectivity index (χ3v) is 16.3. The number of halogens is 8. The molecule has 0 bridgehead atoms. The minimum atomic E-state index is -3.48. The number of carbonyl (C=O) groups excluding carboxylic acids is 2. The van der Waals surface area contributed by atoms with Gasteiger partial charge in [0.15, 0.2) is 11.9 Å². The molecule has 3 aliphatic rings. The van der Waals surface area contributed by atoms with Crippen LogP contribution in [-0.2, 0) is 27.2 Å². The van der Waals surface area contributed by atoms with Gasteiger partial charge in [0, 0.05) is 80.4 Å². The van der Waals surface area contributed by atoms with E-state index in [9.17, 15) is 52.7 Å². The van der Waals surface area contributed by atoms with Crippen molar-refractivity contribution in [3.63, 3.8) is 0 Å². The van der Waals surface area contributed by atoms with E-state index >= 15 is 17.6 Å². The van der Waals surface area contributed by atoms with E-state index in [0.29, 0.717) is 56.5 Å². The van der Waals surface area contributed by atoms with Gasteiger partial charge in [-0.25, -0.2) is 39.9 Å². The van der Waals surface area contributed by atoms with Crippen LogP contribution < -0.4 is 16.0 Å². The number of fused-ring (bicyclic) bond motifs is 6. The van der Waals surface area contributed by atoms with Crippen molar-refractivity contribution in [2.75, 3.05) is 63.2 Å². The van der Waals surface area contributed by atoms with Gasteiger partial charge in [-0.15, -0.1) is 0 Å². The molecule has 10 N–H and O–H groups in total. The monoisotopic (exact) mass is 1200 g/mol. The van der Waals surface area contributed by atoms with E-state index in [1.807, 2.05) is 48.5 Å². The number of ketones is 1. The standard InChI is InChI=1S/C33H39F4N3O6.C28H36F4N4O2.CH4/c1-17-10-23-22-7-3-4-8-26(22)39-28(23)29(40(17)15-33(36,37)16-41)27-24(34)13-21(14-25(27)35)38-20-11-19(12-20)6-5-9-46-32(45)31(44)30(43)18(2)42;1-3-4-9-33-13-19(14-37)34-18-11-22(29)25(23(30)12-18)27-26-21(20-7-5-6-8-24(20)35-26)10-17(2)36(27)15-28(31,32)16-38;/h3-4,7-8,13-14,17,19-20,29-31,38-39,41,43-44H,5-6,9-12,15-16H2,1-2H3;5-8,11-12,17,19,27,33-35,37-38H,3-4,9-10,13-16H2,1-2H3;1H4/t17-,19?,20?,29-,30+,31-;17-,19?,27-;/m11./s1. The van der Waals surface area contributed by atoms with Gasteiger partial charge in [-0.2, -0.15) is 0 Å². The van der Waals surface area contributed by atoms with Crippen LogP contribution in [0.4, 0.5) is 46.5 Å². The van der Waals surface area contributed by atoms with Gasteiger partial charge in [-0.1, -0.05) is 57.2 Å². The van der Waals surface area contributed by atoms with E-state index in [2.05, 4.69) is 32.8 Å². The summed E-state index contributed by atoms with van der Waals surface area (Å²) in [6, 6.07) is 15.6. The first kappa shape index (κ1) is 66.3. The molecule has 4 aromatic carbocycles. The molecule has 466 valence electrons. The van der Waals surface area contributed by atoms with Crippen LogP contribution in [0.15, 0.2) is 72.8 Å². The average Bonchev–Trinajstić information content (AvgIpc) is 2.93. The third kappa shape index (κ3) is 15.3. The summed E-state index contributed by atoms with van der Waals surface area (Å²) >= 11 is 0.